The van der Waals surface area contributed by atoms with Crippen molar-refractivity contribution in [2.24, 2.45) is 0 Å². The van der Waals surface area contributed by atoms with Crippen molar-refractivity contribution in [1.29, 1.82) is 0 Å². The monoisotopic (exact) mass is 254 g/mol. The highest BCUT2D eigenvalue weighted by molar-refractivity contribution is 5.89. The molecular formula is C13H22N2O3. The average molecular weight is 254 g/mol. The number of hydrogen-bond acceptors (Lipinski definition) is 3. The predicted octanol–water partition coefficient (Wildman–Crippen LogP) is 0.984. The third-order valence-corrected chi connectivity index (χ3v) is 3.88. The molecule has 1 atom stereocenters. The molecule has 102 valence electrons. The molecule has 18 heavy (non-hydrogen) atoms. The summed E-state index contributed by atoms with van der Waals surface area (Å²) in [5.74, 6) is -0.911. The third kappa shape index (κ3) is 2.66. The molecular weight excluding hydrogens is 232 g/mol. The molecule has 0 aromatic carbocycles. The number of carboxylic acid groups (broad SMARTS) is 1. The quantitative estimate of drug-likeness (QED) is 0.741. The van der Waals surface area contributed by atoms with Crippen LogP contribution in [-0.2, 0) is 9.59 Å². The minimum absolute atomic E-state index is 0.00625. The molecule has 2 N–H and O–H groups in total. The van der Waals surface area contributed by atoms with Gasteiger partial charge in [-0.1, -0.05) is 13.3 Å². The lowest BCUT2D eigenvalue weighted by Crippen LogP contribution is -2.56. The van der Waals surface area contributed by atoms with Gasteiger partial charge in [-0.15, -0.1) is 0 Å². The van der Waals surface area contributed by atoms with E-state index in [0.717, 1.165) is 45.1 Å². The Balaban J connectivity index is 2.12. The standard InChI is InChI=1S/C13H22N2O3/c1-2-6-13(7-3-8-14-13)12(18)15(9-11(16)17)10-4-5-10/h10,14H,2-9H2,1H3,(H,16,17). The molecule has 1 unspecified atom stereocenters. The van der Waals surface area contributed by atoms with E-state index in [1.165, 1.54) is 0 Å². The fraction of sp³-hybridized carbons (Fsp3) is 0.846. The highest BCUT2D eigenvalue weighted by Gasteiger charge is 2.46. The summed E-state index contributed by atoms with van der Waals surface area (Å²) in [4.78, 5) is 25.2. The maximum atomic E-state index is 12.7. The molecule has 0 aromatic heterocycles. The molecule has 1 amide bonds. The first-order valence-electron chi connectivity index (χ1n) is 6.87. The van der Waals surface area contributed by atoms with Crippen molar-refractivity contribution >= 4 is 11.9 Å². The number of nitrogens with zero attached hydrogens (tertiary/aromatic N) is 1. The van der Waals surface area contributed by atoms with Crippen molar-refractivity contribution in [3.8, 4) is 0 Å². The highest BCUT2D eigenvalue weighted by atomic mass is 16.4. The van der Waals surface area contributed by atoms with Gasteiger partial charge in [0.25, 0.3) is 0 Å². The second-order valence-corrected chi connectivity index (χ2v) is 5.42. The van der Waals surface area contributed by atoms with Crippen molar-refractivity contribution in [3.05, 3.63) is 0 Å². The fourth-order valence-electron chi connectivity index (χ4n) is 2.91. The van der Waals surface area contributed by atoms with Gasteiger partial charge in [-0.25, -0.2) is 0 Å². The molecule has 5 heteroatoms. The van der Waals surface area contributed by atoms with Crippen molar-refractivity contribution in [2.45, 2.75) is 57.0 Å². The SMILES string of the molecule is CCCC1(C(=O)N(CC(=O)O)C2CC2)CCCN1. The summed E-state index contributed by atoms with van der Waals surface area (Å²) in [7, 11) is 0. The molecule has 2 rings (SSSR count). The van der Waals surface area contributed by atoms with Gasteiger partial charge >= 0.3 is 5.97 Å². The number of nitrogens with one attached hydrogen (secondary N) is 1. The van der Waals surface area contributed by atoms with Crippen LogP contribution >= 0.6 is 0 Å². The number of carbonyl (C=O) groups is 2. The number of hydrogen-bond donors (Lipinski definition) is 2. The normalized spacial score (nSPS) is 27.2. The number of carbonyl (C=O) groups excluding carboxylic acids is 1. The average Bonchev–Trinajstić information content (AvgIpc) is 3.06. The van der Waals surface area contributed by atoms with E-state index in [0.29, 0.717) is 0 Å². The maximum absolute atomic E-state index is 12.7. The minimum Gasteiger partial charge on any atom is -0.480 e. The van der Waals surface area contributed by atoms with Crippen LogP contribution in [0.15, 0.2) is 0 Å². The summed E-state index contributed by atoms with van der Waals surface area (Å²) in [6.07, 6.45) is 5.46. The van der Waals surface area contributed by atoms with Gasteiger partial charge in [0.15, 0.2) is 0 Å². The van der Waals surface area contributed by atoms with Crippen LogP contribution in [0.1, 0.15) is 45.4 Å². The fourth-order valence-corrected chi connectivity index (χ4v) is 2.91. The van der Waals surface area contributed by atoms with Crippen LogP contribution in [0.4, 0.5) is 0 Å². The van der Waals surface area contributed by atoms with Crippen LogP contribution in [0, 0.1) is 0 Å². The van der Waals surface area contributed by atoms with Gasteiger partial charge in [0.2, 0.25) is 5.91 Å². The zero-order valence-corrected chi connectivity index (χ0v) is 10.9. The molecule has 1 saturated heterocycles. The summed E-state index contributed by atoms with van der Waals surface area (Å²) in [5, 5.41) is 12.3. The molecule has 2 fully saturated rings. The van der Waals surface area contributed by atoms with E-state index in [1.807, 2.05) is 0 Å². The van der Waals surface area contributed by atoms with Gasteiger partial charge in [-0.2, -0.15) is 0 Å². The second-order valence-electron chi connectivity index (χ2n) is 5.42. The first-order chi connectivity index (χ1) is 8.59. The summed E-state index contributed by atoms with van der Waals surface area (Å²) in [6, 6.07) is 0.157. The van der Waals surface area contributed by atoms with Crippen molar-refractivity contribution in [2.75, 3.05) is 13.1 Å². The van der Waals surface area contributed by atoms with E-state index in [1.54, 1.807) is 4.90 Å². The van der Waals surface area contributed by atoms with Gasteiger partial charge in [-0.3, -0.25) is 9.59 Å². The van der Waals surface area contributed by atoms with Crippen LogP contribution in [0.3, 0.4) is 0 Å². The van der Waals surface area contributed by atoms with E-state index in [2.05, 4.69) is 12.2 Å². The predicted molar refractivity (Wildman–Crippen MR) is 67.2 cm³/mol. The Morgan fingerprint density at radius 2 is 2.17 bits per heavy atom. The number of amides is 1. The first kappa shape index (κ1) is 13.3. The largest absolute Gasteiger partial charge is 0.480 e. The lowest BCUT2D eigenvalue weighted by molar-refractivity contribution is -0.148. The smallest absolute Gasteiger partial charge is 0.323 e. The molecule has 0 spiro atoms. The number of aliphatic carboxylic acids is 1. The van der Waals surface area contributed by atoms with E-state index >= 15 is 0 Å². The van der Waals surface area contributed by atoms with Crippen LogP contribution < -0.4 is 5.32 Å². The lowest BCUT2D eigenvalue weighted by Gasteiger charge is -2.34. The zero-order chi connectivity index (χ0) is 13.2. The second kappa shape index (κ2) is 5.26. The molecule has 0 bridgehead atoms. The van der Waals surface area contributed by atoms with Crippen molar-refractivity contribution < 1.29 is 14.7 Å². The van der Waals surface area contributed by atoms with Crippen LogP contribution in [0.2, 0.25) is 0 Å². The minimum atomic E-state index is -0.917. The van der Waals surface area contributed by atoms with Crippen LogP contribution in [0.25, 0.3) is 0 Å². The Labute approximate surface area is 108 Å². The van der Waals surface area contributed by atoms with Crippen molar-refractivity contribution in [3.63, 3.8) is 0 Å². The molecule has 1 saturated carbocycles. The molecule has 0 radical (unpaired) electrons. The Bertz CT molecular complexity index is 333. The van der Waals surface area contributed by atoms with E-state index in [4.69, 9.17) is 5.11 Å². The van der Waals surface area contributed by atoms with Gasteiger partial charge in [0, 0.05) is 6.04 Å². The number of rotatable bonds is 6. The molecule has 0 aromatic rings. The van der Waals surface area contributed by atoms with Crippen LogP contribution in [-0.4, -0.2) is 46.6 Å². The summed E-state index contributed by atoms with van der Waals surface area (Å²) < 4.78 is 0. The highest BCUT2D eigenvalue weighted by Crippen LogP contribution is 2.33. The summed E-state index contributed by atoms with van der Waals surface area (Å²) in [5.41, 5.74) is -0.493. The van der Waals surface area contributed by atoms with Gasteiger partial charge in [0.05, 0.1) is 5.54 Å². The third-order valence-electron chi connectivity index (χ3n) is 3.88. The Morgan fingerprint density at radius 3 is 2.61 bits per heavy atom. The molecule has 1 aliphatic heterocycles. The first-order valence-corrected chi connectivity index (χ1v) is 6.87. The van der Waals surface area contributed by atoms with E-state index < -0.39 is 11.5 Å². The molecule has 5 nitrogen and oxygen atoms in total. The van der Waals surface area contributed by atoms with Crippen LogP contribution in [0.5, 0.6) is 0 Å². The number of carboxylic acids is 1. The summed E-state index contributed by atoms with van der Waals surface area (Å²) >= 11 is 0. The van der Waals surface area contributed by atoms with Crippen molar-refractivity contribution in [1.82, 2.24) is 10.2 Å². The zero-order valence-electron chi connectivity index (χ0n) is 10.9. The molecule has 1 heterocycles. The Hall–Kier alpha value is -1.10. The summed E-state index contributed by atoms with van der Waals surface area (Å²) in [6.45, 7) is 2.77. The molecule has 1 aliphatic carbocycles. The van der Waals surface area contributed by atoms with Gasteiger partial charge < -0.3 is 15.3 Å². The molecule has 2 aliphatic rings. The van der Waals surface area contributed by atoms with E-state index in [9.17, 15) is 9.59 Å². The Morgan fingerprint density at radius 1 is 1.44 bits per heavy atom. The topological polar surface area (TPSA) is 69.6 Å². The maximum Gasteiger partial charge on any atom is 0.323 e. The van der Waals surface area contributed by atoms with E-state index in [-0.39, 0.29) is 18.5 Å². The Kier molecular flexibility index (Phi) is 3.90. The van der Waals surface area contributed by atoms with Gasteiger partial charge in [-0.05, 0) is 38.6 Å². The lowest BCUT2D eigenvalue weighted by atomic mass is 9.90. The van der Waals surface area contributed by atoms with Gasteiger partial charge in [0.1, 0.15) is 6.54 Å².